The van der Waals surface area contributed by atoms with Crippen LogP contribution in [-0.2, 0) is 22.3 Å². The molecule has 0 aliphatic rings. The van der Waals surface area contributed by atoms with Crippen LogP contribution in [0.4, 0.5) is 37.8 Å². The van der Waals surface area contributed by atoms with E-state index in [0.29, 0.717) is 0 Å². The van der Waals surface area contributed by atoms with Crippen molar-refractivity contribution in [3.63, 3.8) is 0 Å². The molecule has 3 aromatic rings. The molecule has 18 heteroatoms. The molecule has 47 heavy (non-hydrogen) atoms. The van der Waals surface area contributed by atoms with Crippen LogP contribution in [0.5, 0.6) is 0 Å². The van der Waals surface area contributed by atoms with Crippen molar-refractivity contribution in [1.29, 1.82) is 0 Å². The first kappa shape index (κ1) is 36.1. The van der Waals surface area contributed by atoms with Crippen LogP contribution in [-0.4, -0.2) is 43.5 Å². The van der Waals surface area contributed by atoms with E-state index in [2.05, 4.69) is 33.4 Å². The Bertz CT molecular complexity index is 1590. The Kier molecular flexibility index (Phi) is 11.7. The fraction of sp³-hybridized carbons (Fsp3) is 0.276. The van der Waals surface area contributed by atoms with Gasteiger partial charge >= 0.3 is 18.0 Å². The monoisotopic (exact) mass is 667 g/mol. The number of benzene rings is 1. The van der Waals surface area contributed by atoms with Gasteiger partial charge in [-0.1, -0.05) is 42.5 Å². The van der Waals surface area contributed by atoms with Crippen LogP contribution in [0.15, 0.2) is 80.2 Å². The van der Waals surface area contributed by atoms with Crippen molar-refractivity contribution in [2.24, 2.45) is 0 Å². The van der Waals surface area contributed by atoms with E-state index in [1.54, 1.807) is 11.5 Å². The highest BCUT2D eigenvalue weighted by Crippen LogP contribution is 2.40. The second kappa shape index (κ2) is 15.3. The van der Waals surface area contributed by atoms with Crippen molar-refractivity contribution in [2.45, 2.75) is 49.9 Å². The highest BCUT2D eigenvalue weighted by Gasteiger charge is 2.61. The van der Waals surface area contributed by atoms with Gasteiger partial charge in [0.2, 0.25) is 11.3 Å². The Hall–Kier alpha value is -5.39. The van der Waals surface area contributed by atoms with E-state index in [9.17, 15) is 46.0 Å². The summed E-state index contributed by atoms with van der Waals surface area (Å²) in [5.41, 5.74) is -4.54. The summed E-state index contributed by atoms with van der Waals surface area (Å²) in [7, 11) is 0. The average molecular weight is 668 g/mol. The topological polar surface area (TPSA) is 161 Å². The number of pyridine rings is 1. The van der Waals surface area contributed by atoms with E-state index in [4.69, 9.17) is 4.74 Å². The quantitative estimate of drug-likeness (QED) is 0.0839. The molecule has 0 saturated heterocycles. The molecule has 12 nitrogen and oxygen atoms in total. The van der Waals surface area contributed by atoms with Crippen LogP contribution in [0.1, 0.15) is 52.7 Å². The Balaban J connectivity index is 2.00. The Labute approximate surface area is 263 Å². The molecule has 0 radical (unpaired) electrons. The van der Waals surface area contributed by atoms with Crippen LogP contribution in [0, 0.1) is 10.1 Å². The van der Waals surface area contributed by atoms with Crippen molar-refractivity contribution in [3.8, 4) is 0 Å². The zero-order valence-electron chi connectivity index (χ0n) is 24.3. The SMILES string of the molecule is C=CCC[C@@](OCc1ccccc1)(C(=O)NNC(=O)c1nc(NC(CC=C)c2ncccn2)c(C(F)(F)F)cc1[N+](=O)[O-])C(F)(F)F. The first-order chi connectivity index (χ1) is 22.1. The van der Waals surface area contributed by atoms with Gasteiger partial charge in [-0.25, -0.2) is 15.0 Å². The number of carbonyl (C=O) groups excluding carboxylic acids is 2. The Morgan fingerprint density at radius 1 is 1.00 bits per heavy atom. The zero-order chi connectivity index (χ0) is 34.8. The number of nitrogens with zero attached hydrogens (tertiary/aromatic N) is 4. The van der Waals surface area contributed by atoms with Gasteiger partial charge in [0.25, 0.3) is 11.8 Å². The molecule has 0 bridgehead atoms. The number of hydrogen-bond acceptors (Lipinski definition) is 9. The number of ether oxygens (including phenoxy) is 1. The molecule has 1 aromatic carbocycles. The molecule has 0 aliphatic heterocycles. The number of hydrazine groups is 1. The molecular formula is C29H27F6N7O5. The molecule has 1 unspecified atom stereocenters. The number of nitro groups is 1. The van der Waals surface area contributed by atoms with E-state index in [1.807, 2.05) is 0 Å². The second-order valence-electron chi connectivity index (χ2n) is 9.67. The third-order valence-corrected chi connectivity index (χ3v) is 6.47. The maximum atomic E-state index is 14.4. The number of alkyl halides is 6. The maximum absolute atomic E-state index is 14.4. The lowest BCUT2D eigenvalue weighted by molar-refractivity contribution is -0.385. The molecule has 2 amide bonds. The lowest BCUT2D eigenvalue weighted by Gasteiger charge is -2.34. The van der Waals surface area contributed by atoms with Crippen LogP contribution < -0.4 is 16.2 Å². The van der Waals surface area contributed by atoms with Crippen LogP contribution in [0.2, 0.25) is 0 Å². The number of aromatic nitrogens is 3. The first-order valence-corrected chi connectivity index (χ1v) is 13.5. The van der Waals surface area contributed by atoms with Crippen molar-refractivity contribution >= 4 is 23.3 Å². The van der Waals surface area contributed by atoms with Crippen LogP contribution >= 0.6 is 0 Å². The fourth-order valence-corrected chi connectivity index (χ4v) is 4.15. The molecule has 0 spiro atoms. The third-order valence-electron chi connectivity index (χ3n) is 6.47. The van der Waals surface area contributed by atoms with Gasteiger partial charge < -0.3 is 10.1 Å². The molecule has 250 valence electrons. The summed E-state index contributed by atoms with van der Waals surface area (Å²) in [6.45, 7) is 6.19. The van der Waals surface area contributed by atoms with Gasteiger partial charge in [0.15, 0.2) is 5.82 Å². The van der Waals surface area contributed by atoms with Crippen LogP contribution in [0.3, 0.4) is 0 Å². The van der Waals surface area contributed by atoms with Gasteiger partial charge in [-0.05, 0) is 30.9 Å². The minimum Gasteiger partial charge on any atom is -0.359 e. The summed E-state index contributed by atoms with van der Waals surface area (Å²) in [6.07, 6.45) is -6.98. The molecule has 0 fully saturated rings. The van der Waals surface area contributed by atoms with Crippen LogP contribution in [0.25, 0.3) is 0 Å². The van der Waals surface area contributed by atoms with E-state index in [1.165, 1.54) is 54.2 Å². The largest absolute Gasteiger partial charge is 0.426 e. The number of anilines is 1. The molecule has 2 heterocycles. The highest BCUT2D eigenvalue weighted by molar-refractivity contribution is 5.98. The predicted molar refractivity (Wildman–Crippen MR) is 154 cm³/mol. The number of halogens is 6. The summed E-state index contributed by atoms with van der Waals surface area (Å²) in [4.78, 5) is 48.0. The first-order valence-electron chi connectivity index (χ1n) is 13.5. The smallest absolute Gasteiger partial charge is 0.359 e. The highest BCUT2D eigenvalue weighted by atomic mass is 19.4. The summed E-state index contributed by atoms with van der Waals surface area (Å²) in [5, 5.41) is 14.1. The van der Waals surface area contributed by atoms with E-state index in [-0.39, 0.29) is 30.3 Å². The van der Waals surface area contributed by atoms with Gasteiger partial charge in [-0.15, -0.1) is 13.2 Å². The third kappa shape index (κ3) is 8.87. The lowest BCUT2D eigenvalue weighted by atomic mass is 9.95. The van der Waals surface area contributed by atoms with Gasteiger partial charge in [-0.3, -0.25) is 30.6 Å². The van der Waals surface area contributed by atoms with Crippen molar-refractivity contribution in [1.82, 2.24) is 25.8 Å². The van der Waals surface area contributed by atoms with Crippen molar-refractivity contribution in [3.05, 3.63) is 113 Å². The minimum absolute atomic E-state index is 0.0162. The second-order valence-corrected chi connectivity index (χ2v) is 9.67. The number of allylic oxidation sites excluding steroid dienone is 1. The maximum Gasteiger partial charge on any atom is 0.426 e. The summed E-state index contributed by atoms with van der Waals surface area (Å²) in [6, 6.07) is 7.89. The van der Waals surface area contributed by atoms with Gasteiger partial charge in [0.1, 0.15) is 11.4 Å². The standard InChI is InChI=1S/C29H27F6N7O5/c1-3-5-13-27(29(33,34)35,47-17-18-11-7-6-8-12-18)26(44)41-40-25(43)22-21(42(45)46)16-19(28(30,31)32)23(39-22)38-20(10-4-2)24-36-14-9-15-37-24/h3-4,6-9,11-12,14-16,20H,1-2,5,10,13,17H2,(H,38,39)(H,40,43)(H,41,44)/t20?,27-/m1/s1. The van der Waals surface area contributed by atoms with E-state index in [0.717, 1.165) is 6.08 Å². The molecule has 2 atom stereocenters. The molecular weight excluding hydrogens is 640 g/mol. The number of rotatable bonds is 14. The Morgan fingerprint density at radius 3 is 2.21 bits per heavy atom. The number of hydrogen-bond donors (Lipinski definition) is 3. The van der Waals surface area contributed by atoms with Gasteiger partial charge in [0, 0.05) is 18.5 Å². The molecule has 0 aliphatic carbocycles. The zero-order valence-corrected chi connectivity index (χ0v) is 24.3. The molecule has 3 rings (SSSR count). The predicted octanol–water partition coefficient (Wildman–Crippen LogP) is 5.77. The summed E-state index contributed by atoms with van der Waals surface area (Å²) in [5.74, 6) is -4.71. The van der Waals surface area contributed by atoms with Gasteiger partial charge in [-0.2, -0.15) is 26.3 Å². The molecule has 0 saturated carbocycles. The fourth-order valence-electron chi connectivity index (χ4n) is 4.15. The minimum atomic E-state index is -5.35. The average Bonchev–Trinajstić information content (AvgIpc) is 3.02. The lowest BCUT2D eigenvalue weighted by Crippen LogP contribution is -2.61. The molecule has 2 aromatic heterocycles. The van der Waals surface area contributed by atoms with Crippen molar-refractivity contribution < 1.29 is 45.6 Å². The summed E-state index contributed by atoms with van der Waals surface area (Å²) < 4.78 is 90.5. The van der Waals surface area contributed by atoms with E-state index >= 15 is 0 Å². The molecule has 3 N–H and O–H groups in total. The number of carbonyl (C=O) groups is 2. The van der Waals surface area contributed by atoms with E-state index < -0.39 is 76.5 Å². The number of amides is 2. The van der Waals surface area contributed by atoms with Crippen molar-refractivity contribution in [2.75, 3.05) is 5.32 Å². The summed E-state index contributed by atoms with van der Waals surface area (Å²) >= 11 is 0. The Morgan fingerprint density at radius 2 is 1.66 bits per heavy atom. The number of nitrogens with one attached hydrogen (secondary N) is 3. The van der Waals surface area contributed by atoms with Gasteiger partial charge in [0.05, 0.1) is 17.6 Å². The normalized spacial score (nSPS) is 13.5.